The van der Waals surface area contributed by atoms with Crippen molar-refractivity contribution in [2.24, 2.45) is 7.05 Å². The van der Waals surface area contributed by atoms with Crippen molar-refractivity contribution in [2.45, 2.75) is 0 Å². The Labute approximate surface area is 101 Å². The van der Waals surface area contributed by atoms with Crippen molar-refractivity contribution >= 4 is 16.8 Å². The Morgan fingerprint density at radius 3 is 2.82 bits per heavy atom. The first-order chi connectivity index (χ1) is 8.24. The average molecular weight is 231 g/mol. The Kier molecular flexibility index (Phi) is 3.44. The topological polar surface area (TPSA) is 46.1 Å². The van der Waals surface area contributed by atoms with E-state index in [9.17, 15) is 4.79 Å². The predicted molar refractivity (Wildman–Crippen MR) is 69.2 cm³/mol. The molecule has 0 aliphatic heterocycles. The van der Waals surface area contributed by atoms with Crippen LogP contribution in [0.3, 0.4) is 0 Å². The number of aryl methyl sites for hydroxylation is 1. The minimum Gasteiger partial charge on any atom is -0.351 e. The summed E-state index contributed by atoms with van der Waals surface area (Å²) in [6.45, 7) is 1.41. The van der Waals surface area contributed by atoms with E-state index in [1.165, 1.54) is 0 Å². The first kappa shape index (κ1) is 11.7. The third kappa shape index (κ3) is 2.31. The number of para-hydroxylation sites is 1. The lowest BCUT2D eigenvalue weighted by Crippen LogP contribution is -2.30. The van der Waals surface area contributed by atoms with Gasteiger partial charge in [0, 0.05) is 37.2 Å². The molecule has 0 radical (unpaired) electrons. The van der Waals surface area contributed by atoms with Gasteiger partial charge in [-0.15, -0.1) is 0 Å². The van der Waals surface area contributed by atoms with Gasteiger partial charge in [0.25, 0.3) is 5.91 Å². The SMILES string of the molecule is CNCCNC(=O)c1cn(C)c2ccccc12. The fraction of sp³-hybridized carbons (Fsp3) is 0.308. The molecule has 1 heterocycles. The molecule has 0 bridgehead atoms. The largest absolute Gasteiger partial charge is 0.351 e. The van der Waals surface area contributed by atoms with Gasteiger partial charge in [0.05, 0.1) is 5.56 Å². The number of carbonyl (C=O) groups excluding carboxylic acids is 1. The second-order valence-electron chi connectivity index (χ2n) is 4.03. The molecular formula is C13H17N3O. The molecule has 0 atom stereocenters. The number of nitrogens with one attached hydrogen (secondary N) is 2. The molecular weight excluding hydrogens is 214 g/mol. The van der Waals surface area contributed by atoms with E-state index in [1.54, 1.807) is 0 Å². The van der Waals surface area contributed by atoms with E-state index < -0.39 is 0 Å². The number of fused-ring (bicyclic) bond motifs is 1. The number of nitrogens with zero attached hydrogens (tertiary/aromatic N) is 1. The summed E-state index contributed by atoms with van der Waals surface area (Å²) in [5.41, 5.74) is 1.81. The van der Waals surface area contributed by atoms with Crippen molar-refractivity contribution < 1.29 is 4.79 Å². The van der Waals surface area contributed by atoms with Gasteiger partial charge in [-0.1, -0.05) is 18.2 Å². The molecule has 1 aromatic carbocycles. The van der Waals surface area contributed by atoms with Crippen molar-refractivity contribution in [3.05, 3.63) is 36.0 Å². The summed E-state index contributed by atoms with van der Waals surface area (Å²) < 4.78 is 1.97. The number of likely N-dealkylation sites (N-methyl/N-ethyl adjacent to an activating group) is 1. The number of aromatic nitrogens is 1. The molecule has 1 aromatic heterocycles. The minimum atomic E-state index is -0.0166. The smallest absolute Gasteiger partial charge is 0.253 e. The van der Waals surface area contributed by atoms with Crippen LogP contribution < -0.4 is 10.6 Å². The summed E-state index contributed by atoms with van der Waals surface area (Å²) in [5.74, 6) is -0.0166. The highest BCUT2D eigenvalue weighted by Gasteiger charge is 2.12. The van der Waals surface area contributed by atoms with Gasteiger partial charge in [-0.05, 0) is 13.1 Å². The van der Waals surface area contributed by atoms with Crippen LogP contribution >= 0.6 is 0 Å². The Balaban J connectivity index is 2.26. The molecule has 0 aliphatic rings. The number of amides is 1. The molecule has 2 rings (SSSR count). The van der Waals surface area contributed by atoms with E-state index in [2.05, 4.69) is 10.6 Å². The fourth-order valence-electron chi connectivity index (χ4n) is 1.92. The summed E-state index contributed by atoms with van der Waals surface area (Å²) in [7, 11) is 3.82. The van der Waals surface area contributed by atoms with Crippen LogP contribution in [0.5, 0.6) is 0 Å². The number of hydrogen-bond donors (Lipinski definition) is 2. The molecule has 4 nitrogen and oxygen atoms in total. The van der Waals surface area contributed by atoms with E-state index in [1.807, 2.05) is 49.1 Å². The van der Waals surface area contributed by atoms with Crippen molar-refractivity contribution in [1.82, 2.24) is 15.2 Å². The summed E-state index contributed by atoms with van der Waals surface area (Å²) in [6.07, 6.45) is 1.87. The summed E-state index contributed by atoms with van der Waals surface area (Å²) >= 11 is 0. The van der Waals surface area contributed by atoms with Gasteiger partial charge < -0.3 is 15.2 Å². The molecule has 1 amide bonds. The van der Waals surface area contributed by atoms with E-state index in [4.69, 9.17) is 0 Å². The predicted octanol–water partition coefficient (Wildman–Crippen LogP) is 1.13. The molecule has 0 aliphatic carbocycles. The lowest BCUT2D eigenvalue weighted by molar-refractivity contribution is 0.0955. The van der Waals surface area contributed by atoms with Crippen molar-refractivity contribution in [1.29, 1.82) is 0 Å². The first-order valence-electron chi connectivity index (χ1n) is 5.71. The van der Waals surface area contributed by atoms with Crippen LogP contribution in [-0.2, 0) is 7.05 Å². The van der Waals surface area contributed by atoms with Gasteiger partial charge in [-0.25, -0.2) is 0 Å². The fourth-order valence-corrected chi connectivity index (χ4v) is 1.92. The van der Waals surface area contributed by atoms with Crippen LogP contribution in [0, 0.1) is 0 Å². The molecule has 0 fully saturated rings. The highest BCUT2D eigenvalue weighted by atomic mass is 16.1. The van der Waals surface area contributed by atoms with Crippen LogP contribution in [0.2, 0.25) is 0 Å². The zero-order valence-corrected chi connectivity index (χ0v) is 10.2. The molecule has 90 valence electrons. The maximum atomic E-state index is 12.0. The summed E-state index contributed by atoms with van der Waals surface area (Å²) in [6, 6.07) is 7.92. The lowest BCUT2D eigenvalue weighted by atomic mass is 10.1. The highest BCUT2D eigenvalue weighted by molar-refractivity contribution is 6.06. The van der Waals surface area contributed by atoms with Crippen molar-refractivity contribution in [3.8, 4) is 0 Å². The maximum Gasteiger partial charge on any atom is 0.253 e. The Bertz CT molecular complexity index is 530. The Morgan fingerprint density at radius 2 is 2.06 bits per heavy atom. The normalized spacial score (nSPS) is 10.7. The van der Waals surface area contributed by atoms with Gasteiger partial charge in [0.15, 0.2) is 0 Å². The van der Waals surface area contributed by atoms with Gasteiger partial charge in [-0.3, -0.25) is 4.79 Å². The Hall–Kier alpha value is -1.81. The van der Waals surface area contributed by atoms with E-state index in [-0.39, 0.29) is 5.91 Å². The van der Waals surface area contributed by atoms with Crippen molar-refractivity contribution in [2.75, 3.05) is 20.1 Å². The van der Waals surface area contributed by atoms with Crippen LogP contribution in [-0.4, -0.2) is 30.6 Å². The minimum absolute atomic E-state index is 0.0166. The summed E-state index contributed by atoms with van der Waals surface area (Å²) in [4.78, 5) is 12.0. The van der Waals surface area contributed by atoms with Crippen LogP contribution in [0.15, 0.2) is 30.5 Å². The molecule has 2 aromatic rings. The molecule has 0 saturated carbocycles. The molecule has 17 heavy (non-hydrogen) atoms. The van der Waals surface area contributed by atoms with Crippen LogP contribution in [0.25, 0.3) is 10.9 Å². The maximum absolute atomic E-state index is 12.0. The van der Waals surface area contributed by atoms with Gasteiger partial charge >= 0.3 is 0 Å². The Morgan fingerprint density at radius 1 is 1.29 bits per heavy atom. The molecule has 0 spiro atoms. The monoisotopic (exact) mass is 231 g/mol. The second kappa shape index (κ2) is 5.01. The number of carbonyl (C=O) groups is 1. The third-order valence-electron chi connectivity index (χ3n) is 2.80. The lowest BCUT2D eigenvalue weighted by Gasteiger charge is -2.03. The number of rotatable bonds is 4. The first-order valence-corrected chi connectivity index (χ1v) is 5.71. The third-order valence-corrected chi connectivity index (χ3v) is 2.80. The quantitative estimate of drug-likeness (QED) is 0.775. The van der Waals surface area contributed by atoms with Crippen LogP contribution in [0.4, 0.5) is 0 Å². The number of hydrogen-bond acceptors (Lipinski definition) is 2. The molecule has 4 heteroatoms. The molecule has 0 saturated heterocycles. The highest BCUT2D eigenvalue weighted by Crippen LogP contribution is 2.19. The van der Waals surface area contributed by atoms with E-state index in [0.717, 1.165) is 23.0 Å². The van der Waals surface area contributed by atoms with Crippen molar-refractivity contribution in [3.63, 3.8) is 0 Å². The number of benzene rings is 1. The standard InChI is InChI=1S/C13H17N3O/c1-14-7-8-15-13(17)11-9-16(2)12-6-4-3-5-10(11)12/h3-6,9,14H,7-8H2,1-2H3,(H,15,17). The van der Waals surface area contributed by atoms with E-state index in [0.29, 0.717) is 6.54 Å². The zero-order chi connectivity index (χ0) is 12.3. The van der Waals surface area contributed by atoms with Gasteiger partial charge in [0.2, 0.25) is 0 Å². The second-order valence-corrected chi connectivity index (χ2v) is 4.03. The zero-order valence-electron chi connectivity index (χ0n) is 10.2. The average Bonchev–Trinajstić information content (AvgIpc) is 2.68. The van der Waals surface area contributed by atoms with Gasteiger partial charge in [-0.2, -0.15) is 0 Å². The molecule has 2 N–H and O–H groups in total. The van der Waals surface area contributed by atoms with Crippen LogP contribution in [0.1, 0.15) is 10.4 Å². The summed E-state index contributed by atoms with van der Waals surface area (Å²) in [5, 5.41) is 6.88. The molecule has 0 unspecified atom stereocenters. The van der Waals surface area contributed by atoms with E-state index >= 15 is 0 Å². The van der Waals surface area contributed by atoms with Gasteiger partial charge in [0.1, 0.15) is 0 Å².